The Morgan fingerprint density at radius 2 is 1.41 bits per heavy atom. The average molecular weight is 458 g/mol. The molecule has 1 aliphatic rings. The van der Waals surface area contributed by atoms with Gasteiger partial charge < -0.3 is 9.84 Å². The van der Waals surface area contributed by atoms with Crippen LogP contribution in [0.3, 0.4) is 0 Å². The van der Waals surface area contributed by atoms with Crippen molar-refractivity contribution in [2.75, 3.05) is 13.2 Å². The summed E-state index contributed by atoms with van der Waals surface area (Å²) >= 11 is 0. The zero-order valence-corrected chi connectivity index (χ0v) is 19.9. The Hall–Kier alpha value is -3.60. The van der Waals surface area contributed by atoms with E-state index in [1.807, 2.05) is 75.4 Å². The Morgan fingerprint density at radius 3 is 1.94 bits per heavy atom. The van der Waals surface area contributed by atoms with Gasteiger partial charge in [-0.2, -0.15) is 0 Å². The van der Waals surface area contributed by atoms with Gasteiger partial charge in [0.05, 0.1) is 0 Å². The van der Waals surface area contributed by atoms with Crippen molar-refractivity contribution in [3.8, 4) is 11.1 Å². The average Bonchev–Trinajstić information content (AvgIpc) is 3.13. The molecule has 0 bridgehead atoms. The van der Waals surface area contributed by atoms with E-state index in [0.717, 1.165) is 27.8 Å². The second kappa shape index (κ2) is 9.72. The van der Waals surface area contributed by atoms with Crippen LogP contribution in [0, 0.1) is 5.41 Å². The van der Waals surface area contributed by atoms with Gasteiger partial charge in [0, 0.05) is 12.5 Å². The Bertz CT molecular complexity index is 1120. The van der Waals surface area contributed by atoms with E-state index in [-0.39, 0.29) is 19.1 Å². The van der Waals surface area contributed by atoms with E-state index in [0.29, 0.717) is 6.42 Å². The standard InChI is InChI=1S/C29H31NO4/c1-29(2,3)26(27(31)32)30(18-17-20-11-5-4-6-12-20)28(33)34-19-25-23-15-9-7-13-21(23)22-14-8-10-16-24(22)25/h4-16,25-26H,17-19H2,1-3H3,(H,31,32). The molecule has 1 atom stereocenters. The Labute approximate surface area is 201 Å². The van der Waals surface area contributed by atoms with Gasteiger partial charge in [-0.1, -0.05) is 99.6 Å². The predicted molar refractivity (Wildman–Crippen MR) is 133 cm³/mol. The topological polar surface area (TPSA) is 66.8 Å². The molecule has 0 radical (unpaired) electrons. The molecule has 1 unspecified atom stereocenters. The number of aliphatic carboxylic acids is 1. The number of ether oxygens (including phenoxy) is 1. The van der Waals surface area contributed by atoms with Crippen molar-refractivity contribution in [1.29, 1.82) is 0 Å². The maximum absolute atomic E-state index is 13.4. The molecule has 3 aromatic rings. The number of carboxylic acid groups (broad SMARTS) is 1. The lowest BCUT2D eigenvalue weighted by atomic mass is 9.85. The summed E-state index contributed by atoms with van der Waals surface area (Å²) in [6.07, 6.45) is -0.0506. The van der Waals surface area contributed by atoms with Gasteiger partial charge in [-0.3, -0.25) is 4.90 Å². The van der Waals surface area contributed by atoms with Crippen LogP contribution in [0.1, 0.15) is 43.4 Å². The Balaban J connectivity index is 1.56. The zero-order valence-electron chi connectivity index (χ0n) is 19.9. The number of rotatable bonds is 7. The fourth-order valence-corrected chi connectivity index (χ4v) is 4.87. The number of carbonyl (C=O) groups is 2. The predicted octanol–water partition coefficient (Wildman–Crippen LogP) is 5.98. The van der Waals surface area contributed by atoms with Crippen LogP contribution in [-0.4, -0.2) is 41.3 Å². The van der Waals surface area contributed by atoms with Gasteiger partial charge in [-0.25, -0.2) is 9.59 Å². The Morgan fingerprint density at radius 1 is 0.882 bits per heavy atom. The number of carboxylic acids is 1. The highest BCUT2D eigenvalue weighted by Gasteiger charge is 2.40. The summed E-state index contributed by atoms with van der Waals surface area (Å²) in [5.74, 6) is -1.11. The molecule has 0 aliphatic heterocycles. The highest BCUT2D eigenvalue weighted by Crippen LogP contribution is 2.44. The molecule has 5 heteroatoms. The molecule has 0 spiro atoms. The number of carbonyl (C=O) groups excluding carboxylic acids is 1. The van der Waals surface area contributed by atoms with Crippen molar-refractivity contribution in [3.05, 3.63) is 95.6 Å². The van der Waals surface area contributed by atoms with Crippen molar-refractivity contribution >= 4 is 12.1 Å². The summed E-state index contributed by atoms with van der Waals surface area (Å²) in [6.45, 7) is 5.91. The normalized spacial score (nSPS) is 13.6. The van der Waals surface area contributed by atoms with Gasteiger partial charge in [-0.05, 0) is 39.7 Å². The van der Waals surface area contributed by atoms with Crippen LogP contribution < -0.4 is 0 Å². The van der Waals surface area contributed by atoms with E-state index < -0.39 is 23.5 Å². The number of hydrogen-bond acceptors (Lipinski definition) is 3. The van der Waals surface area contributed by atoms with E-state index in [2.05, 4.69) is 24.3 Å². The minimum absolute atomic E-state index is 0.0785. The fourth-order valence-electron chi connectivity index (χ4n) is 4.87. The molecule has 0 aromatic heterocycles. The molecule has 0 fully saturated rings. The quantitative estimate of drug-likeness (QED) is 0.474. The highest BCUT2D eigenvalue weighted by molar-refractivity contribution is 5.81. The van der Waals surface area contributed by atoms with Crippen molar-refractivity contribution < 1.29 is 19.4 Å². The van der Waals surface area contributed by atoms with Gasteiger partial charge in [0.2, 0.25) is 0 Å². The number of fused-ring (bicyclic) bond motifs is 3. The number of nitrogens with zero attached hydrogens (tertiary/aromatic N) is 1. The van der Waals surface area contributed by atoms with Crippen LogP contribution in [0.4, 0.5) is 4.79 Å². The molecule has 1 amide bonds. The van der Waals surface area contributed by atoms with Crippen LogP contribution in [0.5, 0.6) is 0 Å². The van der Waals surface area contributed by atoms with Crippen LogP contribution in [0.15, 0.2) is 78.9 Å². The van der Waals surface area contributed by atoms with Crippen LogP contribution >= 0.6 is 0 Å². The molecule has 1 N–H and O–H groups in total. The lowest BCUT2D eigenvalue weighted by Crippen LogP contribution is -2.53. The first kappa shape index (κ1) is 23.6. The van der Waals surface area contributed by atoms with Crippen molar-refractivity contribution in [2.45, 2.75) is 39.2 Å². The fraction of sp³-hybridized carbons (Fsp3) is 0.310. The molecule has 5 nitrogen and oxygen atoms in total. The van der Waals surface area contributed by atoms with E-state index in [1.54, 1.807) is 0 Å². The van der Waals surface area contributed by atoms with Gasteiger partial charge in [0.15, 0.2) is 0 Å². The Kier molecular flexibility index (Phi) is 6.73. The molecule has 0 heterocycles. The van der Waals surface area contributed by atoms with Crippen molar-refractivity contribution in [1.82, 2.24) is 4.90 Å². The first-order valence-corrected chi connectivity index (χ1v) is 11.7. The molecule has 1 aliphatic carbocycles. The lowest BCUT2D eigenvalue weighted by Gasteiger charge is -2.36. The largest absolute Gasteiger partial charge is 0.480 e. The molecule has 4 rings (SSSR count). The maximum atomic E-state index is 13.4. The highest BCUT2D eigenvalue weighted by atomic mass is 16.6. The summed E-state index contributed by atoms with van der Waals surface area (Å²) in [7, 11) is 0. The SMILES string of the molecule is CC(C)(C)C(C(=O)O)N(CCc1ccccc1)C(=O)OCC1c2ccccc2-c2ccccc21. The minimum atomic E-state index is -1.03. The van der Waals surface area contributed by atoms with E-state index in [4.69, 9.17) is 4.74 Å². The molecule has 34 heavy (non-hydrogen) atoms. The van der Waals surface area contributed by atoms with Gasteiger partial charge in [-0.15, -0.1) is 0 Å². The number of benzene rings is 3. The number of hydrogen-bond donors (Lipinski definition) is 1. The van der Waals surface area contributed by atoms with Crippen LogP contribution in [0.2, 0.25) is 0 Å². The molecule has 176 valence electrons. The zero-order chi connectivity index (χ0) is 24.3. The van der Waals surface area contributed by atoms with Crippen molar-refractivity contribution in [2.24, 2.45) is 5.41 Å². The monoisotopic (exact) mass is 457 g/mol. The molecule has 3 aromatic carbocycles. The van der Waals surface area contributed by atoms with Gasteiger partial charge in [0.1, 0.15) is 12.6 Å². The first-order chi connectivity index (χ1) is 16.3. The summed E-state index contributed by atoms with van der Waals surface area (Å²) in [5.41, 5.74) is 4.93. The third-order valence-corrected chi connectivity index (χ3v) is 6.42. The summed E-state index contributed by atoms with van der Waals surface area (Å²) in [5, 5.41) is 10.0. The third-order valence-electron chi connectivity index (χ3n) is 6.42. The smallest absolute Gasteiger partial charge is 0.410 e. The summed E-state index contributed by atoms with van der Waals surface area (Å²) in [4.78, 5) is 27.0. The summed E-state index contributed by atoms with van der Waals surface area (Å²) in [6, 6.07) is 25.1. The second-order valence-electron chi connectivity index (χ2n) is 9.84. The minimum Gasteiger partial charge on any atom is -0.480 e. The van der Waals surface area contributed by atoms with E-state index in [1.165, 1.54) is 4.90 Å². The van der Waals surface area contributed by atoms with Gasteiger partial charge in [0.25, 0.3) is 0 Å². The van der Waals surface area contributed by atoms with Crippen LogP contribution in [-0.2, 0) is 16.0 Å². The number of amides is 1. The van der Waals surface area contributed by atoms with Crippen LogP contribution in [0.25, 0.3) is 11.1 Å². The molecular weight excluding hydrogens is 426 g/mol. The third kappa shape index (κ3) is 4.84. The first-order valence-electron chi connectivity index (χ1n) is 11.7. The van der Waals surface area contributed by atoms with Crippen molar-refractivity contribution in [3.63, 3.8) is 0 Å². The van der Waals surface area contributed by atoms with Gasteiger partial charge >= 0.3 is 12.1 Å². The summed E-state index contributed by atoms with van der Waals surface area (Å²) < 4.78 is 5.84. The van der Waals surface area contributed by atoms with E-state index in [9.17, 15) is 14.7 Å². The molecule has 0 saturated carbocycles. The van der Waals surface area contributed by atoms with E-state index >= 15 is 0 Å². The lowest BCUT2D eigenvalue weighted by molar-refractivity contribution is -0.146. The molecular formula is C29H31NO4. The molecule has 0 saturated heterocycles. The second-order valence-corrected chi connectivity index (χ2v) is 9.84. The maximum Gasteiger partial charge on any atom is 0.410 e.